The van der Waals surface area contributed by atoms with E-state index in [1.165, 1.54) is 0 Å². The first-order valence-corrected chi connectivity index (χ1v) is 11.9. The summed E-state index contributed by atoms with van der Waals surface area (Å²) >= 11 is 0. The average molecular weight is 460 g/mol. The van der Waals surface area contributed by atoms with E-state index in [1.54, 1.807) is 10.8 Å². The number of carbonyl (C=O) groups is 1. The highest BCUT2D eigenvalue weighted by Crippen LogP contribution is 2.37. The zero-order chi connectivity index (χ0) is 23.7. The van der Waals surface area contributed by atoms with Gasteiger partial charge in [-0.05, 0) is 42.0 Å². The molecule has 1 aliphatic heterocycles. The SMILES string of the molecule is CCCCc1cn(C2C(=O)CC2C)c(=O)n1CC1(c2cccc(-c3nn[nH]n3)c2)C=CN=CC1. The number of aliphatic imine (C=N–C) groups is 1. The van der Waals surface area contributed by atoms with E-state index in [9.17, 15) is 9.59 Å². The van der Waals surface area contributed by atoms with Crippen molar-refractivity contribution in [2.45, 2.75) is 64.0 Å². The van der Waals surface area contributed by atoms with Gasteiger partial charge in [-0.3, -0.25) is 18.9 Å². The van der Waals surface area contributed by atoms with Crippen molar-refractivity contribution in [2.75, 3.05) is 0 Å². The van der Waals surface area contributed by atoms with E-state index in [1.807, 2.05) is 36.0 Å². The van der Waals surface area contributed by atoms with Gasteiger partial charge >= 0.3 is 5.69 Å². The van der Waals surface area contributed by atoms with Crippen molar-refractivity contribution in [3.8, 4) is 11.4 Å². The Morgan fingerprint density at radius 1 is 1.26 bits per heavy atom. The maximum Gasteiger partial charge on any atom is 0.329 e. The Kier molecular flexibility index (Phi) is 5.85. The number of benzene rings is 1. The number of allylic oxidation sites excluding steroid dienone is 1. The molecule has 0 spiro atoms. The molecule has 0 saturated heterocycles. The maximum absolute atomic E-state index is 13.7. The van der Waals surface area contributed by atoms with Crippen molar-refractivity contribution in [3.05, 3.63) is 64.5 Å². The first kappa shape index (κ1) is 22.2. The standard InChI is InChI=1S/C25H29N7O2/c1-3-4-8-20-15-31(22-17(2)13-21(22)33)24(34)32(20)16-25(9-11-26-12-10-25)19-7-5-6-18(14-19)23-27-29-30-28-23/h5-7,9,11-12,14-15,17,22H,3-4,8,10,13,16H2,1-2H3,(H,27,28,29,30). The van der Waals surface area contributed by atoms with E-state index in [0.29, 0.717) is 25.2 Å². The molecule has 0 amide bonds. The van der Waals surface area contributed by atoms with Crippen molar-refractivity contribution in [1.29, 1.82) is 0 Å². The van der Waals surface area contributed by atoms with E-state index in [0.717, 1.165) is 36.1 Å². The summed E-state index contributed by atoms with van der Waals surface area (Å²) in [6, 6.07) is 7.69. The highest BCUT2D eigenvalue weighted by atomic mass is 16.2. The fourth-order valence-corrected chi connectivity index (χ4v) is 5.10. The Morgan fingerprint density at radius 2 is 2.15 bits per heavy atom. The second-order valence-corrected chi connectivity index (χ2v) is 9.42. The van der Waals surface area contributed by atoms with Crippen LogP contribution in [0.2, 0.25) is 0 Å². The molecule has 0 radical (unpaired) electrons. The minimum absolute atomic E-state index is 0.111. The number of tetrazole rings is 1. The van der Waals surface area contributed by atoms with Gasteiger partial charge in [0.2, 0.25) is 5.82 Å². The van der Waals surface area contributed by atoms with Gasteiger partial charge in [-0.25, -0.2) is 4.79 Å². The molecule has 1 aromatic carbocycles. The molecule has 2 aliphatic rings. The molecule has 1 fully saturated rings. The number of hydrogen-bond acceptors (Lipinski definition) is 6. The second-order valence-electron chi connectivity index (χ2n) is 9.42. The van der Waals surface area contributed by atoms with Crippen LogP contribution >= 0.6 is 0 Å². The Labute approximate surface area is 197 Å². The van der Waals surface area contributed by atoms with E-state index >= 15 is 0 Å². The Balaban J connectivity index is 1.58. The number of rotatable bonds is 8. The van der Waals surface area contributed by atoms with Crippen LogP contribution in [0.1, 0.15) is 56.8 Å². The first-order chi connectivity index (χ1) is 16.5. The predicted octanol–water partition coefficient (Wildman–Crippen LogP) is 3.25. The van der Waals surface area contributed by atoms with Crippen molar-refractivity contribution in [2.24, 2.45) is 10.9 Å². The third-order valence-corrected chi connectivity index (χ3v) is 7.09. The number of aromatic nitrogens is 6. The molecule has 9 heteroatoms. The lowest BCUT2D eigenvalue weighted by atomic mass is 9.76. The van der Waals surface area contributed by atoms with Gasteiger partial charge in [0.1, 0.15) is 0 Å². The Bertz CT molecular complexity index is 1300. The van der Waals surface area contributed by atoms with Crippen molar-refractivity contribution >= 4 is 12.0 Å². The molecule has 5 rings (SSSR count). The number of nitrogens with one attached hydrogen (secondary N) is 1. The van der Waals surface area contributed by atoms with Gasteiger partial charge in [0.05, 0.1) is 6.04 Å². The van der Waals surface area contributed by atoms with Crippen LogP contribution in [-0.2, 0) is 23.2 Å². The molecule has 0 bridgehead atoms. The lowest BCUT2D eigenvalue weighted by Crippen LogP contribution is -2.43. The quantitative estimate of drug-likeness (QED) is 0.556. The molecule has 3 atom stereocenters. The third-order valence-electron chi connectivity index (χ3n) is 7.09. The topological polar surface area (TPSA) is 111 Å². The molecule has 3 heterocycles. The fraction of sp³-hybridized carbons (Fsp3) is 0.440. The molecule has 1 saturated carbocycles. The van der Waals surface area contributed by atoms with Crippen LogP contribution < -0.4 is 5.69 Å². The summed E-state index contributed by atoms with van der Waals surface area (Å²) in [4.78, 5) is 30.3. The largest absolute Gasteiger partial charge is 0.329 e. The van der Waals surface area contributed by atoms with Crippen LogP contribution in [0, 0.1) is 5.92 Å². The van der Waals surface area contributed by atoms with Crippen LogP contribution in [0.5, 0.6) is 0 Å². The smallest absolute Gasteiger partial charge is 0.297 e. The number of aryl methyl sites for hydroxylation is 1. The number of nitrogens with zero attached hydrogens (tertiary/aromatic N) is 6. The van der Waals surface area contributed by atoms with Gasteiger partial charge in [0.15, 0.2) is 5.78 Å². The van der Waals surface area contributed by atoms with Gasteiger partial charge in [-0.2, -0.15) is 5.21 Å². The zero-order valence-electron chi connectivity index (χ0n) is 19.5. The lowest BCUT2D eigenvalue weighted by molar-refractivity contribution is -0.132. The van der Waals surface area contributed by atoms with Gasteiger partial charge in [-0.1, -0.05) is 44.5 Å². The zero-order valence-corrected chi connectivity index (χ0v) is 19.5. The number of ketones is 1. The highest BCUT2D eigenvalue weighted by molar-refractivity contribution is 5.88. The summed E-state index contributed by atoms with van der Waals surface area (Å²) < 4.78 is 3.55. The number of hydrogen-bond donors (Lipinski definition) is 1. The Hall–Kier alpha value is -3.62. The second kappa shape index (κ2) is 8.96. The van der Waals surface area contributed by atoms with E-state index < -0.39 is 5.41 Å². The van der Waals surface area contributed by atoms with E-state index in [2.05, 4.69) is 50.7 Å². The molecule has 1 aliphatic carbocycles. The van der Waals surface area contributed by atoms with Crippen LogP contribution in [0.3, 0.4) is 0 Å². The maximum atomic E-state index is 13.7. The number of unbranched alkanes of at least 4 members (excludes halogenated alkanes) is 1. The predicted molar refractivity (Wildman–Crippen MR) is 129 cm³/mol. The molecular weight excluding hydrogens is 430 g/mol. The Morgan fingerprint density at radius 3 is 2.82 bits per heavy atom. The summed E-state index contributed by atoms with van der Waals surface area (Å²) in [7, 11) is 0. The summed E-state index contributed by atoms with van der Waals surface area (Å²) in [5, 5.41) is 14.4. The molecule has 34 heavy (non-hydrogen) atoms. The highest BCUT2D eigenvalue weighted by Gasteiger charge is 2.40. The number of carbonyl (C=O) groups excluding carboxylic acids is 1. The van der Waals surface area contributed by atoms with Gasteiger partial charge in [0, 0.05) is 48.2 Å². The summed E-state index contributed by atoms with van der Waals surface area (Å²) in [6.07, 6.45) is 11.7. The number of aromatic amines is 1. The minimum atomic E-state index is -0.465. The van der Waals surface area contributed by atoms with Crippen molar-refractivity contribution in [1.82, 2.24) is 29.8 Å². The number of H-pyrrole nitrogens is 1. The number of imidazole rings is 1. The van der Waals surface area contributed by atoms with Crippen LogP contribution in [0.25, 0.3) is 11.4 Å². The van der Waals surface area contributed by atoms with Crippen LogP contribution in [0.15, 0.2) is 52.5 Å². The lowest BCUT2D eigenvalue weighted by Gasteiger charge is -2.33. The molecule has 2 aromatic heterocycles. The summed E-state index contributed by atoms with van der Waals surface area (Å²) in [6.45, 7) is 4.64. The van der Waals surface area contributed by atoms with Crippen LogP contribution in [0.4, 0.5) is 0 Å². The molecule has 3 aromatic rings. The normalized spacial score (nSPS) is 23.9. The van der Waals surface area contributed by atoms with Gasteiger partial charge in [-0.15, -0.1) is 10.2 Å². The third kappa shape index (κ3) is 3.85. The van der Waals surface area contributed by atoms with Gasteiger partial charge < -0.3 is 0 Å². The minimum Gasteiger partial charge on any atom is -0.297 e. The molecular formula is C25H29N7O2. The molecule has 176 valence electrons. The van der Waals surface area contributed by atoms with E-state index in [-0.39, 0.29) is 23.4 Å². The molecule has 3 unspecified atom stereocenters. The van der Waals surface area contributed by atoms with Crippen LogP contribution in [-0.4, -0.2) is 41.8 Å². The first-order valence-electron chi connectivity index (χ1n) is 11.9. The summed E-state index contributed by atoms with van der Waals surface area (Å²) in [5.74, 6) is 0.846. The fourth-order valence-electron chi connectivity index (χ4n) is 5.10. The average Bonchev–Trinajstić information content (AvgIpc) is 3.48. The van der Waals surface area contributed by atoms with E-state index in [4.69, 9.17) is 0 Å². The molecule has 1 N–H and O–H groups in total. The van der Waals surface area contributed by atoms with Crippen molar-refractivity contribution < 1.29 is 4.79 Å². The van der Waals surface area contributed by atoms with Crippen molar-refractivity contribution in [3.63, 3.8) is 0 Å². The molecule has 9 nitrogen and oxygen atoms in total. The number of Topliss-reactive ketones (excluding diaryl/α,β-unsaturated/α-hetero) is 1. The summed E-state index contributed by atoms with van der Waals surface area (Å²) in [5.41, 5.74) is 2.30. The monoisotopic (exact) mass is 459 g/mol. The van der Waals surface area contributed by atoms with Gasteiger partial charge in [0.25, 0.3) is 0 Å².